The zero-order valence-corrected chi connectivity index (χ0v) is 23.3. The van der Waals surface area contributed by atoms with Crippen LogP contribution in [0, 0.1) is 5.92 Å². The summed E-state index contributed by atoms with van der Waals surface area (Å²) in [6.07, 6.45) is 2.00. The molecule has 15 nitrogen and oxygen atoms in total. The molecule has 1 aromatic rings. The largest absolute Gasteiger partial charge is 0.508 e. The van der Waals surface area contributed by atoms with E-state index in [9.17, 15) is 44.4 Å². The zero-order valence-electron chi connectivity index (χ0n) is 23.3. The quantitative estimate of drug-likeness (QED) is 0.136. The Morgan fingerprint density at radius 3 is 2.29 bits per heavy atom. The minimum atomic E-state index is -1.55. The summed E-state index contributed by atoms with van der Waals surface area (Å²) in [6.45, 7) is -1.61. The first-order valence-electron chi connectivity index (χ1n) is 14.0. The molecule has 0 bridgehead atoms. The summed E-state index contributed by atoms with van der Waals surface area (Å²) in [7, 11) is 0. The lowest BCUT2D eigenvalue weighted by atomic mass is 9.92. The Morgan fingerprint density at radius 2 is 1.69 bits per heavy atom. The fourth-order valence-corrected chi connectivity index (χ4v) is 5.05. The summed E-state index contributed by atoms with van der Waals surface area (Å²) in [6, 6.07) is 0.702. The molecule has 42 heavy (non-hydrogen) atoms. The number of hydrogen-bond acceptors (Lipinski definition) is 10. The second-order valence-electron chi connectivity index (χ2n) is 10.5. The van der Waals surface area contributed by atoms with E-state index < -0.39 is 79.4 Å². The van der Waals surface area contributed by atoms with Crippen molar-refractivity contribution in [2.75, 3.05) is 32.9 Å². The van der Waals surface area contributed by atoms with Crippen molar-refractivity contribution in [2.45, 2.75) is 62.7 Å². The van der Waals surface area contributed by atoms with E-state index in [2.05, 4.69) is 16.1 Å². The second kappa shape index (κ2) is 15.4. The van der Waals surface area contributed by atoms with Gasteiger partial charge in [-0.2, -0.15) is 0 Å². The average molecular weight is 593 g/mol. The number of aliphatic hydroxyl groups is 3. The van der Waals surface area contributed by atoms with Crippen molar-refractivity contribution in [3.63, 3.8) is 0 Å². The molecule has 0 aromatic heterocycles. The van der Waals surface area contributed by atoms with Crippen LogP contribution in [0.1, 0.15) is 37.7 Å². The highest BCUT2D eigenvalue weighted by molar-refractivity contribution is 5.95. The Morgan fingerprint density at radius 1 is 1.02 bits per heavy atom. The fraction of sp³-hybridized carbons (Fsp3) is 0.593. The molecule has 0 saturated carbocycles. The van der Waals surface area contributed by atoms with Gasteiger partial charge >= 0.3 is 0 Å². The number of nitrogens with zero attached hydrogens (tertiary/aromatic N) is 2. The topological polar surface area (TPSA) is 235 Å². The number of likely N-dealkylation sites (tertiary alicyclic amines) is 1. The van der Waals surface area contributed by atoms with E-state index in [-0.39, 0.29) is 25.0 Å². The van der Waals surface area contributed by atoms with E-state index in [0.717, 1.165) is 19.3 Å². The average Bonchev–Trinajstić information content (AvgIpc) is 2.99. The molecule has 0 aliphatic carbocycles. The van der Waals surface area contributed by atoms with Gasteiger partial charge < -0.3 is 41.7 Å². The first-order valence-corrected chi connectivity index (χ1v) is 14.0. The molecule has 2 heterocycles. The Labute approximate surface area is 243 Å². The van der Waals surface area contributed by atoms with Crippen molar-refractivity contribution >= 4 is 29.5 Å². The number of benzene rings is 1. The summed E-state index contributed by atoms with van der Waals surface area (Å²) in [5.41, 5.74) is 9.06. The SMILES string of the molecule is N[C@@H](Cc1ccc(O)cc1)C(=O)N[C@H](CO)[C@@H]1CCC(=O)N[C@@H](CO)C(=O)N([C@@H](CO)C(=O)N2CCCCC2)NC1=O. The Kier molecular flexibility index (Phi) is 12.0. The van der Waals surface area contributed by atoms with Crippen LogP contribution < -0.4 is 21.8 Å². The van der Waals surface area contributed by atoms with Gasteiger partial charge in [0.1, 0.15) is 11.8 Å². The number of hydrogen-bond donors (Lipinski definition) is 8. The van der Waals surface area contributed by atoms with Crippen molar-refractivity contribution in [1.29, 1.82) is 0 Å². The van der Waals surface area contributed by atoms with E-state index in [1.165, 1.54) is 17.0 Å². The maximum atomic E-state index is 13.6. The molecule has 5 amide bonds. The lowest BCUT2D eigenvalue weighted by molar-refractivity contribution is -0.159. The molecule has 1 aromatic carbocycles. The summed E-state index contributed by atoms with van der Waals surface area (Å²) in [5.74, 6) is -5.13. The number of rotatable bonds is 10. The van der Waals surface area contributed by atoms with Crippen LogP contribution in [0.3, 0.4) is 0 Å². The van der Waals surface area contributed by atoms with Crippen LogP contribution >= 0.6 is 0 Å². The van der Waals surface area contributed by atoms with Crippen LogP contribution in [0.15, 0.2) is 24.3 Å². The highest BCUT2D eigenvalue weighted by Crippen LogP contribution is 2.18. The van der Waals surface area contributed by atoms with Crippen molar-refractivity contribution in [2.24, 2.45) is 11.7 Å². The third-order valence-electron chi connectivity index (χ3n) is 7.48. The van der Waals surface area contributed by atoms with Gasteiger partial charge in [0.15, 0.2) is 6.04 Å². The summed E-state index contributed by atoms with van der Waals surface area (Å²) in [4.78, 5) is 67.2. The van der Waals surface area contributed by atoms with E-state index >= 15 is 0 Å². The van der Waals surface area contributed by atoms with E-state index in [1.807, 2.05) is 0 Å². The van der Waals surface area contributed by atoms with Gasteiger partial charge in [0.2, 0.25) is 23.6 Å². The Bertz CT molecular complexity index is 1110. The number of piperidine rings is 1. The Hall–Kier alpha value is -3.79. The van der Waals surface area contributed by atoms with Gasteiger partial charge in [-0.25, -0.2) is 5.01 Å². The summed E-state index contributed by atoms with van der Waals surface area (Å²) < 4.78 is 0. The molecular formula is C27H40N6O9. The van der Waals surface area contributed by atoms with Crippen molar-refractivity contribution in [1.82, 2.24) is 26.0 Å². The number of nitrogens with two attached hydrogens (primary N) is 1. The van der Waals surface area contributed by atoms with Gasteiger partial charge in [-0.1, -0.05) is 12.1 Å². The van der Waals surface area contributed by atoms with Gasteiger partial charge in [-0.15, -0.1) is 0 Å². The maximum Gasteiger partial charge on any atom is 0.266 e. The molecule has 2 fully saturated rings. The van der Waals surface area contributed by atoms with Crippen molar-refractivity contribution in [3.05, 3.63) is 29.8 Å². The minimum Gasteiger partial charge on any atom is -0.508 e. The third kappa shape index (κ3) is 8.38. The van der Waals surface area contributed by atoms with Gasteiger partial charge in [0.05, 0.1) is 37.8 Å². The molecule has 0 radical (unpaired) electrons. The molecule has 5 atom stereocenters. The highest BCUT2D eigenvalue weighted by Gasteiger charge is 2.41. The number of aliphatic hydroxyl groups excluding tert-OH is 3. The van der Waals surface area contributed by atoms with E-state index in [0.29, 0.717) is 23.7 Å². The summed E-state index contributed by atoms with van der Waals surface area (Å²) in [5, 5.41) is 45.1. The van der Waals surface area contributed by atoms with Crippen LogP contribution in [0.5, 0.6) is 5.75 Å². The van der Waals surface area contributed by atoms with Gasteiger partial charge in [-0.3, -0.25) is 29.4 Å². The standard InChI is InChI=1S/C27H40N6O9/c28-19(12-16-4-6-17(37)7-5-16)25(40)30-20(13-34)18-8-9-23(38)29-21(14-35)26(41)33(31-24(18)39)22(15-36)27(42)32-10-2-1-3-11-32/h4-7,18-22,34-37H,1-3,8-15,28H2,(H,29,38)(H,30,40)(H,31,39)/t18-,19-,20+,21-,22-/m0/s1. The predicted octanol–water partition coefficient (Wildman–Crippen LogP) is -3.14. The molecule has 2 aliphatic heterocycles. The van der Waals surface area contributed by atoms with E-state index in [4.69, 9.17) is 5.73 Å². The number of amides is 5. The molecule has 3 rings (SSSR count). The van der Waals surface area contributed by atoms with Crippen molar-refractivity contribution in [3.8, 4) is 5.75 Å². The van der Waals surface area contributed by atoms with Crippen molar-refractivity contribution < 1.29 is 44.4 Å². The number of carbonyl (C=O) groups is 5. The van der Waals surface area contributed by atoms with E-state index in [1.54, 1.807) is 12.1 Å². The number of carbonyl (C=O) groups excluding carboxylic acids is 5. The minimum absolute atomic E-state index is 0.0436. The monoisotopic (exact) mass is 592 g/mol. The fourth-order valence-electron chi connectivity index (χ4n) is 5.05. The highest BCUT2D eigenvalue weighted by atomic mass is 16.3. The Balaban J connectivity index is 1.83. The molecule has 2 aliphatic rings. The van der Waals surface area contributed by atoms with Gasteiger partial charge in [0, 0.05) is 19.5 Å². The smallest absolute Gasteiger partial charge is 0.266 e. The first-order chi connectivity index (χ1) is 20.1. The molecule has 0 unspecified atom stereocenters. The number of hydrazine groups is 1. The number of nitrogens with one attached hydrogen (secondary N) is 3. The second-order valence-corrected chi connectivity index (χ2v) is 10.5. The molecule has 232 valence electrons. The van der Waals surface area contributed by atoms with Crippen LogP contribution in [0.2, 0.25) is 0 Å². The van der Waals surface area contributed by atoms with Crippen LogP contribution in [-0.4, -0.2) is 117 Å². The third-order valence-corrected chi connectivity index (χ3v) is 7.48. The van der Waals surface area contributed by atoms with Crippen LogP contribution in [0.25, 0.3) is 0 Å². The normalized spacial score (nSPS) is 22.4. The number of phenolic OH excluding ortho intramolecular Hbond substituents is 1. The lowest BCUT2D eigenvalue weighted by Crippen LogP contribution is -2.66. The molecule has 9 N–H and O–H groups in total. The predicted molar refractivity (Wildman–Crippen MR) is 147 cm³/mol. The van der Waals surface area contributed by atoms with Gasteiger partial charge in [-0.05, 0) is 49.8 Å². The van der Waals surface area contributed by atoms with Crippen LogP contribution in [0.4, 0.5) is 0 Å². The van der Waals surface area contributed by atoms with Crippen LogP contribution in [-0.2, 0) is 30.4 Å². The maximum absolute atomic E-state index is 13.6. The molecule has 2 saturated heterocycles. The molecule has 15 heteroatoms. The zero-order chi connectivity index (χ0) is 30.8. The number of phenols is 1. The molecule has 0 spiro atoms. The lowest BCUT2D eigenvalue weighted by Gasteiger charge is -2.38. The van der Waals surface area contributed by atoms with Gasteiger partial charge in [0.25, 0.3) is 5.91 Å². The number of aromatic hydroxyl groups is 1. The first kappa shape index (κ1) is 32.7. The molecular weight excluding hydrogens is 552 g/mol. The summed E-state index contributed by atoms with van der Waals surface area (Å²) >= 11 is 0.